The molecule has 5 nitrogen and oxygen atoms in total. The van der Waals surface area contributed by atoms with E-state index >= 15 is 0 Å². The van der Waals surface area contributed by atoms with Crippen molar-refractivity contribution < 1.29 is 21.6 Å². The van der Waals surface area contributed by atoms with Crippen LogP contribution in [0, 0.1) is 0 Å². The maximum absolute atomic E-state index is 13.0. The Labute approximate surface area is 136 Å². The summed E-state index contributed by atoms with van der Waals surface area (Å²) in [6.45, 7) is 0. The number of alkyl halides is 2. The van der Waals surface area contributed by atoms with Crippen molar-refractivity contribution in [3.63, 3.8) is 0 Å². The molecule has 0 atom stereocenters. The van der Waals surface area contributed by atoms with E-state index in [4.69, 9.17) is 9.56 Å². The summed E-state index contributed by atoms with van der Waals surface area (Å²) >= 11 is 0. The quantitative estimate of drug-likeness (QED) is 0.779. The average Bonchev–Trinajstić information content (AvgIpc) is 3.00. The summed E-state index contributed by atoms with van der Waals surface area (Å²) in [4.78, 5) is 3.77. The minimum atomic E-state index is -3.84. The lowest BCUT2D eigenvalue weighted by Gasteiger charge is -2.03. The average molecular weight is 350 g/mol. The predicted octanol–water partition coefficient (Wildman–Crippen LogP) is 3.59. The highest BCUT2D eigenvalue weighted by atomic mass is 32.2. The molecule has 0 saturated carbocycles. The molecule has 3 aromatic rings. The Hall–Kier alpha value is -2.58. The summed E-state index contributed by atoms with van der Waals surface area (Å²) in [6.07, 6.45) is -2.86. The molecular formula is C16H12F2N2O3S. The van der Waals surface area contributed by atoms with Gasteiger partial charge in [-0.1, -0.05) is 42.5 Å². The first-order chi connectivity index (χ1) is 11.4. The normalized spacial score (nSPS) is 11.8. The van der Waals surface area contributed by atoms with Crippen molar-refractivity contribution in [1.29, 1.82) is 0 Å². The van der Waals surface area contributed by atoms with Gasteiger partial charge in [0.1, 0.15) is 5.69 Å². The molecule has 2 N–H and O–H groups in total. The van der Waals surface area contributed by atoms with Crippen LogP contribution in [0.15, 0.2) is 63.9 Å². The van der Waals surface area contributed by atoms with E-state index in [2.05, 4.69) is 4.98 Å². The Morgan fingerprint density at radius 1 is 0.958 bits per heavy atom. The summed E-state index contributed by atoms with van der Waals surface area (Å²) in [7, 11) is -3.84. The van der Waals surface area contributed by atoms with Gasteiger partial charge in [-0.2, -0.15) is 8.78 Å². The van der Waals surface area contributed by atoms with Gasteiger partial charge < -0.3 is 4.42 Å². The van der Waals surface area contributed by atoms with Crippen molar-refractivity contribution in [1.82, 2.24) is 4.98 Å². The number of oxazole rings is 1. The summed E-state index contributed by atoms with van der Waals surface area (Å²) < 4.78 is 53.7. The largest absolute Gasteiger partial charge is 0.435 e. The molecule has 0 amide bonds. The molecule has 0 unspecified atom stereocenters. The summed E-state index contributed by atoms with van der Waals surface area (Å²) in [5, 5.41) is 5.05. The van der Waals surface area contributed by atoms with Crippen LogP contribution in [0.5, 0.6) is 0 Å². The van der Waals surface area contributed by atoms with Gasteiger partial charge in [-0.25, -0.2) is 18.5 Å². The zero-order valence-electron chi connectivity index (χ0n) is 12.2. The zero-order valence-corrected chi connectivity index (χ0v) is 13.0. The second-order valence-corrected chi connectivity index (χ2v) is 6.53. The lowest BCUT2D eigenvalue weighted by atomic mass is 10.1. The van der Waals surface area contributed by atoms with Crippen LogP contribution in [-0.4, -0.2) is 13.4 Å². The fraction of sp³-hybridized carbons (Fsp3) is 0.0625. The molecule has 124 valence electrons. The van der Waals surface area contributed by atoms with Gasteiger partial charge in [-0.15, -0.1) is 0 Å². The number of nitrogens with zero attached hydrogens (tertiary/aromatic N) is 1. The van der Waals surface area contributed by atoms with Crippen LogP contribution < -0.4 is 5.14 Å². The van der Waals surface area contributed by atoms with Crippen molar-refractivity contribution in [3.05, 3.63) is 60.5 Å². The van der Waals surface area contributed by atoms with Gasteiger partial charge in [0.25, 0.3) is 5.89 Å². The minimum Gasteiger partial charge on any atom is -0.435 e. The first kappa shape index (κ1) is 16.3. The molecule has 0 aliphatic heterocycles. The maximum atomic E-state index is 13.0. The Morgan fingerprint density at radius 3 is 2.12 bits per heavy atom. The molecule has 8 heteroatoms. The second-order valence-electron chi connectivity index (χ2n) is 4.97. The molecule has 1 heterocycles. The highest BCUT2D eigenvalue weighted by Crippen LogP contribution is 2.35. The van der Waals surface area contributed by atoms with Crippen molar-refractivity contribution in [2.24, 2.45) is 5.14 Å². The fourth-order valence-electron chi connectivity index (χ4n) is 2.21. The van der Waals surface area contributed by atoms with Crippen LogP contribution in [0.4, 0.5) is 8.78 Å². The monoisotopic (exact) mass is 350 g/mol. The van der Waals surface area contributed by atoms with E-state index in [1.165, 1.54) is 24.3 Å². The summed E-state index contributed by atoms with van der Waals surface area (Å²) in [6, 6.07) is 14.1. The molecule has 2 aromatic carbocycles. The number of halogens is 2. The van der Waals surface area contributed by atoms with Crippen LogP contribution in [0.1, 0.15) is 12.3 Å². The van der Waals surface area contributed by atoms with E-state index in [0.717, 1.165) is 0 Å². The van der Waals surface area contributed by atoms with E-state index in [1.54, 1.807) is 30.3 Å². The molecule has 0 fully saturated rings. The third kappa shape index (κ3) is 3.19. The molecule has 1 aromatic heterocycles. The van der Waals surface area contributed by atoms with Gasteiger partial charge in [0.05, 0.1) is 4.90 Å². The van der Waals surface area contributed by atoms with Crippen LogP contribution >= 0.6 is 0 Å². The number of primary sulfonamides is 1. The number of hydrogen-bond donors (Lipinski definition) is 1. The van der Waals surface area contributed by atoms with E-state index in [1.807, 2.05) is 0 Å². The van der Waals surface area contributed by atoms with Crippen molar-refractivity contribution in [3.8, 4) is 22.6 Å². The van der Waals surface area contributed by atoms with Crippen LogP contribution in [0.3, 0.4) is 0 Å². The molecule has 3 rings (SSSR count). The molecular weight excluding hydrogens is 338 g/mol. The highest BCUT2D eigenvalue weighted by Gasteiger charge is 2.22. The summed E-state index contributed by atoms with van der Waals surface area (Å²) in [5.74, 6) is -0.506. The molecule has 0 spiro atoms. The molecule has 0 radical (unpaired) electrons. The smallest absolute Gasteiger partial charge is 0.313 e. The van der Waals surface area contributed by atoms with Crippen molar-refractivity contribution in [2.75, 3.05) is 0 Å². The molecule has 0 bridgehead atoms. The standard InChI is InChI=1S/C16H12F2N2O3S/c17-15(18)16-20-13(14(23-16)11-4-2-1-3-5-11)10-6-8-12(9-7-10)24(19,21)22/h1-9,15H,(H2,19,21,22). The van der Waals surface area contributed by atoms with Gasteiger partial charge in [0.2, 0.25) is 10.0 Å². The number of rotatable bonds is 4. The first-order valence-corrected chi connectivity index (χ1v) is 8.38. The van der Waals surface area contributed by atoms with E-state index in [9.17, 15) is 17.2 Å². The van der Waals surface area contributed by atoms with Gasteiger partial charge in [0, 0.05) is 11.1 Å². The molecule has 0 saturated heterocycles. The predicted molar refractivity (Wildman–Crippen MR) is 83.7 cm³/mol. The van der Waals surface area contributed by atoms with Crippen LogP contribution in [0.25, 0.3) is 22.6 Å². The molecule has 0 aliphatic rings. The van der Waals surface area contributed by atoms with Crippen molar-refractivity contribution >= 4 is 10.0 Å². The van der Waals surface area contributed by atoms with E-state index in [-0.39, 0.29) is 16.3 Å². The summed E-state index contributed by atoms with van der Waals surface area (Å²) in [5.41, 5.74) is 1.23. The van der Waals surface area contributed by atoms with E-state index in [0.29, 0.717) is 11.1 Å². The van der Waals surface area contributed by atoms with E-state index < -0.39 is 22.3 Å². The number of sulfonamides is 1. The van der Waals surface area contributed by atoms with Gasteiger partial charge >= 0.3 is 6.43 Å². The third-order valence-electron chi connectivity index (χ3n) is 3.32. The number of nitrogens with two attached hydrogens (primary N) is 1. The lowest BCUT2D eigenvalue weighted by molar-refractivity contribution is 0.116. The third-order valence-corrected chi connectivity index (χ3v) is 4.25. The van der Waals surface area contributed by atoms with Crippen LogP contribution in [0.2, 0.25) is 0 Å². The number of benzene rings is 2. The van der Waals surface area contributed by atoms with Gasteiger partial charge in [-0.05, 0) is 12.1 Å². The number of hydrogen-bond acceptors (Lipinski definition) is 4. The van der Waals surface area contributed by atoms with Gasteiger partial charge in [0.15, 0.2) is 5.76 Å². The second kappa shape index (κ2) is 6.14. The topological polar surface area (TPSA) is 86.2 Å². The first-order valence-electron chi connectivity index (χ1n) is 6.84. The SMILES string of the molecule is NS(=O)(=O)c1ccc(-c2nc(C(F)F)oc2-c2ccccc2)cc1. The molecule has 24 heavy (non-hydrogen) atoms. The van der Waals surface area contributed by atoms with Crippen LogP contribution in [-0.2, 0) is 10.0 Å². The lowest BCUT2D eigenvalue weighted by Crippen LogP contribution is -2.11. The Kier molecular flexibility index (Phi) is 4.16. The zero-order chi connectivity index (χ0) is 17.3. The number of aromatic nitrogens is 1. The highest BCUT2D eigenvalue weighted by molar-refractivity contribution is 7.89. The Morgan fingerprint density at radius 2 is 1.58 bits per heavy atom. The fourth-order valence-corrected chi connectivity index (χ4v) is 2.73. The van der Waals surface area contributed by atoms with Crippen molar-refractivity contribution in [2.45, 2.75) is 11.3 Å². The van der Waals surface area contributed by atoms with Gasteiger partial charge in [-0.3, -0.25) is 0 Å². The molecule has 0 aliphatic carbocycles. The maximum Gasteiger partial charge on any atom is 0.313 e. The minimum absolute atomic E-state index is 0.0786. The Balaban J connectivity index is 2.13. The Bertz CT molecular complexity index is 953.